The van der Waals surface area contributed by atoms with Crippen molar-refractivity contribution in [2.75, 3.05) is 17.7 Å². The average Bonchev–Trinajstić information content (AvgIpc) is 3.51. The van der Waals surface area contributed by atoms with Gasteiger partial charge in [-0.05, 0) is 79.7 Å². The van der Waals surface area contributed by atoms with E-state index in [9.17, 15) is 31.1 Å². The summed E-state index contributed by atoms with van der Waals surface area (Å²) >= 11 is 0. The van der Waals surface area contributed by atoms with Crippen LogP contribution >= 0.6 is 0 Å². The maximum Gasteiger partial charge on any atom is 0.435 e. The summed E-state index contributed by atoms with van der Waals surface area (Å²) in [6, 6.07) is 16.3. The van der Waals surface area contributed by atoms with Crippen LogP contribution in [-0.2, 0) is 23.7 Å². The van der Waals surface area contributed by atoms with Gasteiger partial charge in [-0.2, -0.15) is 31.4 Å². The summed E-state index contributed by atoms with van der Waals surface area (Å²) in [6.07, 6.45) is -8.88. The molecule has 2 aromatic heterocycles. The third-order valence-corrected chi connectivity index (χ3v) is 7.30. The lowest BCUT2D eigenvalue weighted by Gasteiger charge is -2.23. The molecule has 258 valence electrons. The van der Waals surface area contributed by atoms with Crippen LogP contribution in [0.25, 0.3) is 16.5 Å². The molecule has 3 aromatic carbocycles. The van der Waals surface area contributed by atoms with Crippen molar-refractivity contribution in [1.29, 1.82) is 0 Å². The van der Waals surface area contributed by atoms with Gasteiger partial charge in [0, 0.05) is 29.9 Å². The zero-order chi connectivity index (χ0) is 35.5. The molecule has 5 aromatic rings. The van der Waals surface area contributed by atoms with Gasteiger partial charge in [0.05, 0.1) is 18.4 Å². The molecule has 0 fully saturated rings. The number of nitrogens with zero attached hydrogens (tertiary/aromatic N) is 3. The van der Waals surface area contributed by atoms with Crippen molar-refractivity contribution in [2.24, 2.45) is 0 Å². The van der Waals surface area contributed by atoms with Crippen LogP contribution in [0, 0.1) is 0 Å². The maximum absolute atomic E-state index is 14.0. The van der Waals surface area contributed by atoms with Crippen LogP contribution in [-0.4, -0.2) is 33.4 Å². The SMILES string of the molecule is CCOc1cc(C(Nc2ccc3c(N)nccc3c2)C(=O)NCc2ccccc2-n2nc(C(F)(F)F)cc2C(F)(F)F)ccc1OC(C)C. The van der Waals surface area contributed by atoms with Crippen molar-refractivity contribution in [3.8, 4) is 17.2 Å². The number of nitrogens with two attached hydrogens (primary N) is 1. The zero-order valence-corrected chi connectivity index (χ0v) is 26.5. The lowest BCUT2D eigenvalue weighted by molar-refractivity contribution is -0.143. The molecule has 4 N–H and O–H groups in total. The first-order valence-electron chi connectivity index (χ1n) is 15.1. The molecular formula is C34H32F6N6O3. The van der Waals surface area contributed by atoms with E-state index in [1.807, 2.05) is 13.8 Å². The van der Waals surface area contributed by atoms with Crippen molar-refractivity contribution < 1.29 is 40.6 Å². The third kappa shape index (κ3) is 7.99. The Morgan fingerprint density at radius 1 is 0.939 bits per heavy atom. The first-order valence-corrected chi connectivity index (χ1v) is 15.1. The van der Waals surface area contributed by atoms with Gasteiger partial charge in [0.1, 0.15) is 17.6 Å². The van der Waals surface area contributed by atoms with Gasteiger partial charge in [-0.3, -0.25) is 4.79 Å². The Labute approximate surface area is 277 Å². The Bertz CT molecular complexity index is 1960. The smallest absolute Gasteiger partial charge is 0.435 e. The number of fused-ring (bicyclic) bond motifs is 1. The Morgan fingerprint density at radius 3 is 2.39 bits per heavy atom. The third-order valence-electron chi connectivity index (χ3n) is 7.30. The normalized spacial score (nSPS) is 12.6. The lowest BCUT2D eigenvalue weighted by Crippen LogP contribution is -2.33. The Hall–Kier alpha value is -5.47. The number of alkyl halides is 6. The van der Waals surface area contributed by atoms with Gasteiger partial charge < -0.3 is 25.8 Å². The van der Waals surface area contributed by atoms with E-state index in [1.54, 1.807) is 55.6 Å². The summed E-state index contributed by atoms with van der Waals surface area (Å²) in [5.41, 5.74) is 3.47. The van der Waals surface area contributed by atoms with E-state index >= 15 is 0 Å². The molecule has 0 saturated heterocycles. The molecule has 0 aliphatic heterocycles. The number of anilines is 2. The molecule has 49 heavy (non-hydrogen) atoms. The Kier molecular flexibility index (Phi) is 9.92. The monoisotopic (exact) mass is 686 g/mol. The summed E-state index contributed by atoms with van der Waals surface area (Å²) in [4.78, 5) is 18.0. The number of carbonyl (C=O) groups is 1. The van der Waals surface area contributed by atoms with Gasteiger partial charge in [-0.15, -0.1) is 0 Å². The lowest BCUT2D eigenvalue weighted by atomic mass is 10.0. The molecule has 0 aliphatic rings. The van der Waals surface area contributed by atoms with Crippen LogP contribution in [0.3, 0.4) is 0 Å². The predicted octanol–water partition coefficient (Wildman–Crippen LogP) is 7.70. The van der Waals surface area contributed by atoms with Crippen molar-refractivity contribution in [1.82, 2.24) is 20.1 Å². The van der Waals surface area contributed by atoms with Crippen molar-refractivity contribution in [2.45, 2.75) is 51.8 Å². The molecule has 1 amide bonds. The maximum atomic E-state index is 14.0. The molecule has 0 bridgehead atoms. The van der Waals surface area contributed by atoms with Gasteiger partial charge in [0.15, 0.2) is 17.2 Å². The summed E-state index contributed by atoms with van der Waals surface area (Å²) in [5.74, 6) is 0.569. The number of benzene rings is 3. The molecule has 15 heteroatoms. The first-order chi connectivity index (χ1) is 23.2. The zero-order valence-electron chi connectivity index (χ0n) is 26.5. The number of amides is 1. The number of halogens is 6. The number of hydrogen-bond acceptors (Lipinski definition) is 7. The molecule has 0 radical (unpaired) electrons. The molecule has 1 unspecified atom stereocenters. The van der Waals surface area contributed by atoms with Gasteiger partial charge in [-0.25, -0.2) is 9.67 Å². The minimum absolute atomic E-state index is 0.0504. The number of carbonyl (C=O) groups excluding carboxylic acids is 1. The highest BCUT2D eigenvalue weighted by atomic mass is 19.4. The molecule has 9 nitrogen and oxygen atoms in total. The number of rotatable bonds is 11. The average molecular weight is 687 g/mol. The number of aromatic nitrogens is 3. The van der Waals surface area contributed by atoms with Gasteiger partial charge in [-0.1, -0.05) is 24.3 Å². The van der Waals surface area contributed by atoms with Gasteiger partial charge in [0.25, 0.3) is 0 Å². The van der Waals surface area contributed by atoms with Crippen LogP contribution in [0.5, 0.6) is 11.5 Å². The highest BCUT2D eigenvalue weighted by molar-refractivity contribution is 5.94. The largest absolute Gasteiger partial charge is 0.490 e. The van der Waals surface area contributed by atoms with Crippen molar-refractivity contribution in [3.63, 3.8) is 0 Å². The minimum Gasteiger partial charge on any atom is -0.490 e. The second-order valence-electron chi connectivity index (χ2n) is 11.2. The standard InChI is InChI=1S/C34H32F6N6O3/c1-4-48-27-16-21(9-12-26(27)49-19(2)3)30(44-23-10-11-24-20(15-23)13-14-42-31(24)41)32(47)43-18-22-7-5-6-8-25(22)46-29(34(38,39)40)17-28(45-46)33(35,36)37/h5-17,19,30,44H,4,18H2,1-3H3,(H2,41,42)(H,43,47). The number of pyridine rings is 1. The topological polar surface area (TPSA) is 116 Å². The fraction of sp³-hybridized carbons (Fsp3) is 0.265. The Balaban J connectivity index is 1.51. The first kappa shape index (κ1) is 34.9. The summed E-state index contributed by atoms with van der Waals surface area (Å²) < 4.78 is 93.6. The van der Waals surface area contributed by atoms with E-state index in [2.05, 4.69) is 20.7 Å². The molecule has 1 atom stereocenters. The molecular weight excluding hydrogens is 654 g/mol. The van der Waals surface area contributed by atoms with E-state index in [4.69, 9.17) is 15.2 Å². The quantitative estimate of drug-likeness (QED) is 0.122. The minimum atomic E-state index is -5.15. The summed E-state index contributed by atoms with van der Waals surface area (Å²) in [5, 5.41) is 10.6. The summed E-state index contributed by atoms with van der Waals surface area (Å²) in [7, 11) is 0. The van der Waals surface area contributed by atoms with E-state index in [1.165, 1.54) is 24.3 Å². The molecule has 0 aliphatic carbocycles. The van der Waals surface area contributed by atoms with Gasteiger partial charge in [0.2, 0.25) is 5.91 Å². The highest BCUT2D eigenvalue weighted by Gasteiger charge is 2.42. The molecule has 5 rings (SSSR count). The fourth-order valence-electron chi connectivity index (χ4n) is 5.14. The van der Waals surface area contributed by atoms with Crippen LogP contribution in [0.4, 0.5) is 37.8 Å². The highest BCUT2D eigenvalue weighted by Crippen LogP contribution is 2.37. The van der Waals surface area contributed by atoms with E-state index in [0.717, 1.165) is 5.39 Å². The van der Waals surface area contributed by atoms with Gasteiger partial charge >= 0.3 is 12.4 Å². The number of ether oxygens (including phenoxy) is 2. The van der Waals surface area contributed by atoms with Crippen LogP contribution in [0.1, 0.15) is 49.3 Å². The van der Waals surface area contributed by atoms with E-state index in [0.29, 0.717) is 40.6 Å². The Morgan fingerprint density at radius 2 is 1.69 bits per heavy atom. The second-order valence-corrected chi connectivity index (χ2v) is 11.2. The van der Waals surface area contributed by atoms with Crippen molar-refractivity contribution >= 4 is 28.2 Å². The number of hydrogen-bond donors (Lipinski definition) is 3. The number of para-hydroxylation sites is 1. The number of nitrogen functional groups attached to an aromatic ring is 1. The predicted molar refractivity (Wildman–Crippen MR) is 171 cm³/mol. The molecule has 2 heterocycles. The number of nitrogens with one attached hydrogen (secondary N) is 2. The van der Waals surface area contributed by atoms with Crippen molar-refractivity contribution in [3.05, 3.63) is 102 Å². The summed E-state index contributed by atoms with van der Waals surface area (Å²) in [6.45, 7) is 5.46. The van der Waals surface area contributed by atoms with E-state index < -0.39 is 35.7 Å². The van der Waals surface area contributed by atoms with Crippen LogP contribution in [0.15, 0.2) is 79.0 Å². The van der Waals surface area contributed by atoms with Crippen LogP contribution < -0.4 is 25.8 Å². The second kappa shape index (κ2) is 13.9. The molecule has 0 spiro atoms. The molecule has 0 saturated carbocycles. The van der Waals surface area contributed by atoms with Crippen LogP contribution in [0.2, 0.25) is 0 Å². The van der Waals surface area contributed by atoms with E-state index in [-0.39, 0.29) is 34.6 Å². The fourth-order valence-corrected chi connectivity index (χ4v) is 5.14.